The lowest BCUT2D eigenvalue weighted by Gasteiger charge is -2.22. The number of fused-ring (bicyclic) bond motifs is 1. The topological polar surface area (TPSA) is 102 Å². The highest BCUT2D eigenvalue weighted by Crippen LogP contribution is 2.44. The van der Waals surface area contributed by atoms with Crippen molar-refractivity contribution in [3.63, 3.8) is 0 Å². The molecule has 1 aromatic heterocycles. The van der Waals surface area contributed by atoms with Crippen molar-refractivity contribution in [3.8, 4) is 6.07 Å². The number of anilines is 1. The van der Waals surface area contributed by atoms with Crippen molar-refractivity contribution >= 4 is 34.5 Å². The van der Waals surface area contributed by atoms with E-state index in [1.54, 1.807) is 11.0 Å². The Balaban J connectivity index is 1.47. The Morgan fingerprint density at radius 1 is 1.17 bits per heavy atom. The number of para-hydroxylation sites is 2. The first kappa shape index (κ1) is 19.4. The van der Waals surface area contributed by atoms with Gasteiger partial charge in [-0.2, -0.15) is 10.4 Å². The fraction of sp³-hybridized carbons (Fsp3) is 0.217. The third-order valence-electron chi connectivity index (χ3n) is 5.24. The molecule has 1 aliphatic rings. The van der Waals surface area contributed by atoms with Crippen LogP contribution in [0.2, 0.25) is 0 Å². The van der Waals surface area contributed by atoms with Gasteiger partial charge in [-0.15, -0.1) is 0 Å². The smallest absolute Gasteiger partial charge is 0.251 e. The Hall–Kier alpha value is -3.92. The van der Waals surface area contributed by atoms with Crippen molar-refractivity contribution in [3.05, 3.63) is 66.4 Å². The van der Waals surface area contributed by atoms with Crippen LogP contribution in [0.25, 0.3) is 17.0 Å². The van der Waals surface area contributed by atoms with Gasteiger partial charge in [0.1, 0.15) is 5.41 Å². The van der Waals surface area contributed by atoms with Gasteiger partial charge >= 0.3 is 0 Å². The first-order chi connectivity index (χ1) is 14.6. The molecular formula is C23H21N5O2. The van der Waals surface area contributed by atoms with Crippen molar-refractivity contribution in [2.24, 2.45) is 5.41 Å². The molecule has 3 aromatic rings. The molecule has 0 atom stereocenters. The Morgan fingerprint density at radius 3 is 2.63 bits per heavy atom. The van der Waals surface area contributed by atoms with Gasteiger partial charge in [0.15, 0.2) is 0 Å². The van der Waals surface area contributed by atoms with Crippen LogP contribution in [0.5, 0.6) is 0 Å². The maximum atomic E-state index is 13.0. The minimum absolute atomic E-state index is 0.219. The van der Waals surface area contributed by atoms with Gasteiger partial charge in [0.25, 0.3) is 5.91 Å². The van der Waals surface area contributed by atoms with Gasteiger partial charge in [0, 0.05) is 30.2 Å². The molecule has 7 heteroatoms. The third kappa shape index (κ3) is 3.94. The summed E-state index contributed by atoms with van der Waals surface area (Å²) in [5.41, 5.74) is 1.45. The van der Waals surface area contributed by atoms with Crippen LogP contribution in [-0.2, 0) is 9.59 Å². The van der Waals surface area contributed by atoms with Crippen LogP contribution in [0.4, 0.5) is 5.69 Å². The largest absolute Gasteiger partial charge is 0.353 e. The Labute approximate surface area is 174 Å². The Morgan fingerprint density at radius 2 is 1.90 bits per heavy atom. The zero-order valence-electron chi connectivity index (χ0n) is 16.3. The minimum atomic E-state index is -0.873. The lowest BCUT2D eigenvalue weighted by molar-refractivity contribution is -0.124. The number of nitrogens with one attached hydrogen (secondary N) is 2. The summed E-state index contributed by atoms with van der Waals surface area (Å²) in [5, 5.41) is 20.1. The van der Waals surface area contributed by atoms with E-state index < -0.39 is 5.41 Å². The molecular weight excluding hydrogens is 378 g/mol. The average Bonchev–Trinajstić information content (AvgIpc) is 3.49. The summed E-state index contributed by atoms with van der Waals surface area (Å²) in [6.45, 7) is 0.559. The number of aromatic nitrogens is 2. The number of benzene rings is 2. The Bertz CT molecular complexity index is 1140. The molecule has 2 amide bonds. The van der Waals surface area contributed by atoms with Crippen molar-refractivity contribution in [1.29, 1.82) is 5.26 Å². The fourth-order valence-corrected chi connectivity index (χ4v) is 3.29. The number of hydrogen-bond donors (Lipinski definition) is 2. The molecule has 0 spiro atoms. The van der Waals surface area contributed by atoms with Crippen molar-refractivity contribution in [1.82, 2.24) is 15.5 Å². The Kier molecular flexibility index (Phi) is 5.31. The normalized spacial score (nSPS) is 14.4. The van der Waals surface area contributed by atoms with E-state index in [1.807, 2.05) is 54.6 Å². The van der Waals surface area contributed by atoms with E-state index in [2.05, 4.69) is 21.6 Å². The summed E-state index contributed by atoms with van der Waals surface area (Å²) in [4.78, 5) is 26.7. The van der Waals surface area contributed by atoms with Crippen molar-refractivity contribution in [2.75, 3.05) is 18.0 Å². The van der Waals surface area contributed by atoms with Gasteiger partial charge in [0.2, 0.25) is 5.91 Å². The van der Waals surface area contributed by atoms with Crippen molar-refractivity contribution < 1.29 is 9.59 Å². The molecule has 7 nitrogen and oxygen atoms in total. The summed E-state index contributed by atoms with van der Waals surface area (Å²) >= 11 is 0. The van der Waals surface area contributed by atoms with Crippen LogP contribution >= 0.6 is 0 Å². The van der Waals surface area contributed by atoms with Crippen LogP contribution in [0.1, 0.15) is 18.5 Å². The predicted octanol–water partition coefficient (Wildman–Crippen LogP) is 3.03. The lowest BCUT2D eigenvalue weighted by atomic mass is 10.1. The summed E-state index contributed by atoms with van der Waals surface area (Å²) in [7, 11) is 0. The number of aromatic amines is 1. The predicted molar refractivity (Wildman–Crippen MR) is 114 cm³/mol. The van der Waals surface area contributed by atoms with Crippen LogP contribution in [0.15, 0.2) is 60.7 Å². The molecule has 1 fully saturated rings. The summed E-state index contributed by atoms with van der Waals surface area (Å²) in [5.74, 6) is -0.479. The standard InChI is InChI=1S/C23H21N5O2/c24-16-23(12-13-23)22(30)25-14-15-28(17-6-2-1-3-7-17)21(29)11-10-20-18-8-4-5-9-19(18)26-27-20/h1-11H,12-15H2,(H,25,30)(H,26,27)/b11-10+. The molecule has 0 saturated heterocycles. The van der Waals surface area contributed by atoms with E-state index in [0.717, 1.165) is 16.6 Å². The second kappa shape index (κ2) is 8.21. The highest BCUT2D eigenvalue weighted by Gasteiger charge is 2.50. The molecule has 150 valence electrons. The fourth-order valence-electron chi connectivity index (χ4n) is 3.29. The SMILES string of the molecule is N#CC1(C(=O)NCCN(C(=O)/C=C/c2n[nH]c3ccccc23)c2ccccc2)CC1. The van der Waals surface area contributed by atoms with Gasteiger partial charge in [-0.1, -0.05) is 36.4 Å². The molecule has 1 aliphatic carbocycles. The molecule has 1 heterocycles. The summed E-state index contributed by atoms with van der Waals surface area (Å²) in [6.07, 6.45) is 4.35. The molecule has 0 aliphatic heterocycles. The molecule has 0 bridgehead atoms. The number of carbonyl (C=O) groups excluding carboxylic acids is 2. The lowest BCUT2D eigenvalue weighted by Crippen LogP contribution is -2.40. The van der Waals surface area contributed by atoms with Gasteiger partial charge in [-0.05, 0) is 37.1 Å². The van der Waals surface area contributed by atoms with E-state index >= 15 is 0 Å². The van der Waals surface area contributed by atoms with E-state index in [4.69, 9.17) is 5.26 Å². The maximum Gasteiger partial charge on any atom is 0.251 e. The molecule has 0 radical (unpaired) electrons. The van der Waals surface area contributed by atoms with Crippen LogP contribution in [0, 0.1) is 16.7 Å². The van der Waals surface area contributed by atoms with E-state index in [9.17, 15) is 9.59 Å². The molecule has 30 heavy (non-hydrogen) atoms. The number of rotatable bonds is 7. The molecule has 4 rings (SSSR count). The van der Waals surface area contributed by atoms with Gasteiger partial charge in [-0.3, -0.25) is 14.7 Å². The number of amides is 2. The number of hydrogen-bond acceptors (Lipinski definition) is 4. The highest BCUT2D eigenvalue weighted by molar-refractivity contribution is 6.04. The van der Waals surface area contributed by atoms with E-state index in [0.29, 0.717) is 25.1 Å². The molecule has 1 saturated carbocycles. The molecule has 2 aromatic carbocycles. The zero-order valence-corrected chi connectivity index (χ0v) is 16.3. The van der Waals surface area contributed by atoms with E-state index in [-0.39, 0.29) is 18.4 Å². The second-order valence-corrected chi connectivity index (χ2v) is 7.26. The highest BCUT2D eigenvalue weighted by atomic mass is 16.2. The van der Waals surface area contributed by atoms with Gasteiger partial charge in [-0.25, -0.2) is 0 Å². The maximum absolute atomic E-state index is 13.0. The number of nitrogens with zero attached hydrogens (tertiary/aromatic N) is 3. The monoisotopic (exact) mass is 399 g/mol. The minimum Gasteiger partial charge on any atom is -0.353 e. The number of nitriles is 1. The first-order valence-electron chi connectivity index (χ1n) is 9.80. The van der Waals surface area contributed by atoms with Crippen molar-refractivity contribution in [2.45, 2.75) is 12.8 Å². The molecule has 2 N–H and O–H groups in total. The first-order valence-corrected chi connectivity index (χ1v) is 9.80. The van der Waals surface area contributed by atoms with Gasteiger partial charge in [0.05, 0.1) is 17.3 Å². The van der Waals surface area contributed by atoms with Crippen LogP contribution in [-0.4, -0.2) is 35.1 Å². The van der Waals surface area contributed by atoms with E-state index in [1.165, 1.54) is 6.08 Å². The van der Waals surface area contributed by atoms with Crippen LogP contribution < -0.4 is 10.2 Å². The van der Waals surface area contributed by atoms with Gasteiger partial charge < -0.3 is 10.2 Å². The number of H-pyrrole nitrogens is 1. The van der Waals surface area contributed by atoms with Crippen LogP contribution in [0.3, 0.4) is 0 Å². The average molecular weight is 399 g/mol. The third-order valence-corrected chi connectivity index (χ3v) is 5.24. The number of carbonyl (C=O) groups is 2. The zero-order chi connectivity index (χ0) is 21.0. The quantitative estimate of drug-likeness (QED) is 0.596. The summed E-state index contributed by atoms with van der Waals surface area (Å²) in [6, 6.07) is 19.1. The molecule has 0 unspecified atom stereocenters. The summed E-state index contributed by atoms with van der Waals surface area (Å²) < 4.78 is 0. The second-order valence-electron chi connectivity index (χ2n) is 7.26.